The first kappa shape index (κ1) is 39.5. The molecule has 8 rings (SSSR count). The number of hydrogen-bond donors (Lipinski definition) is 0. The Morgan fingerprint density at radius 2 is 0.864 bits per heavy atom. The molecule has 0 saturated carbocycles. The van der Waals surface area contributed by atoms with Crippen LogP contribution in [0.5, 0.6) is 0 Å². The third-order valence-electron chi connectivity index (χ3n) is 11.1. The second-order valence-corrected chi connectivity index (χ2v) is 14.7. The van der Waals surface area contributed by atoms with E-state index in [1.807, 2.05) is 34.9 Å². The Balaban J connectivity index is 1.28. The summed E-state index contributed by atoms with van der Waals surface area (Å²) in [6, 6.07) is 34.3. The number of halogens is 9. The Kier molecular flexibility index (Phi) is 9.29. The van der Waals surface area contributed by atoms with E-state index in [2.05, 4.69) is 4.98 Å². The molecule has 0 aliphatic heterocycles. The molecule has 0 amide bonds. The van der Waals surface area contributed by atoms with Crippen LogP contribution < -0.4 is 0 Å². The van der Waals surface area contributed by atoms with Crippen LogP contribution in [0.1, 0.15) is 40.6 Å². The summed E-state index contributed by atoms with van der Waals surface area (Å²) in [5, 5.41) is 0. The maximum Gasteiger partial charge on any atom is 0.411 e. The van der Waals surface area contributed by atoms with Crippen LogP contribution in [-0.4, -0.2) is 37.6 Å². The van der Waals surface area contributed by atoms with Crippen molar-refractivity contribution in [3.8, 4) is 22.8 Å². The third kappa shape index (κ3) is 6.25. The number of fused-ring (bicyclic) bond motifs is 2. The van der Waals surface area contributed by atoms with Crippen molar-refractivity contribution in [2.45, 2.75) is 50.1 Å². The number of nitrogens with zero attached hydrogens (tertiary/aromatic N) is 4. The second kappa shape index (κ2) is 13.9. The van der Waals surface area contributed by atoms with Gasteiger partial charge in [-0.1, -0.05) is 103 Å². The lowest BCUT2D eigenvalue weighted by atomic mass is 9.72. The van der Waals surface area contributed by atoms with E-state index in [1.165, 1.54) is 42.5 Å². The standard InChI is InChI=1S/C46H33F9N4/c1-28-14-18-31(19-15-28)43(45(50,51)52,46(53,54)55)32-20-16-30(17-21-32)41-57-38-27-34(23-25-40(38)59(41)36-12-8-5-9-13-36)42(3,44(47,48)49)33-22-24-39-37(26-33)56-29(2)58(39)35-10-6-4-7-11-35/h4-27H,1-3H3. The molecule has 13 heteroatoms. The van der Waals surface area contributed by atoms with E-state index in [4.69, 9.17) is 4.98 Å². The lowest BCUT2D eigenvalue weighted by Crippen LogP contribution is -2.54. The van der Waals surface area contributed by atoms with Gasteiger partial charge in [-0.15, -0.1) is 0 Å². The van der Waals surface area contributed by atoms with Gasteiger partial charge in [0.2, 0.25) is 5.41 Å². The minimum absolute atomic E-state index is 0.0701. The molecule has 2 aromatic heterocycles. The lowest BCUT2D eigenvalue weighted by molar-refractivity contribution is -0.288. The zero-order valence-corrected chi connectivity index (χ0v) is 31.5. The molecule has 6 aromatic carbocycles. The highest BCUT2D eigenvalue weighted by molar-refractivity contribution is 5.85. The normalized spacial score (nSPS) is 13.9. The van der Waals surface area contributed by atoms with E-state index in [0.29, 0.717) is 33.6 Å². The summed E-state index contributed by atoms with van der Waals surface area (Å²) in [7, 11) is 0. The van der Waals surface area contributed by atoms with Crippen molar-refractivity contribution in [1.29, 1.82) is 0 Å². The number of aryl methyl sites for hydroxylation is 2. The fourth-order valence-corrected chi connectivity index (χ4v) is 7.99. The summed E-state index contributed by atoms with van der Waals surface area (Å²) in [5.74, 6) is 0.676. The average molecular weight is 813 g/mol. The monoisotopic (exact) mass is 812 g/mol. The van der Waals surface area contributed by atoms with E-state index in [1.54, 1.807) is 54.8 Å². The number of rotatable bonds is 7. The Bertz CT molecular complexity index is 2790. The van der Waals surface area contributed by atoms with Crippen molar-refractivity contribution in [1.82, 2.24) is 19.1 Å². The van der Waals surface area contributed by atoms with Crippen LogP contribution in [0, 0.1) is 13.8 Å². The molecule has 0 aliphatic rings. The SMILES string of the molecule is Cc1ccc(C(c2ccc(-c3nc4cc(C(C)(c5ccc6c(c5)nc(C)n6-c5ccccc5)C(F)(F)F)ccc4n3-c3ccccc3)cc2)(C(F)(F)F)C(F)(F)F)cc1. The molecule has 59 heavy (non-hydrogen) atoms. The molecule has 2 heterocycles. The van der Waals surface area contributed by atoms with Crippen molar-refractivity contribution >= 4 is 22.1 Å². The summed E-state index contributed by atoms with van der Waals surface area (Å²) in [5.41, 5.74) is -5.81. The van der Waals surface area contributed by atoms with Crippen LogP contribution in [0.25, 0.3) is 44.8 Å². The molecule has 4 nitrogen and oxygen atoms in total. The Hall–Kier alpha value is -6.37. The molecule has 0 N–H and O–H groups in total. The van der Waals surface area contributed by atoms with Gasteiger partial charge in [-0.3, -0.25) is 9.13 Å². The molecule has 0 radical (unpaired) electrons. The Labute approximate surface area is 332 Å². The van der Waals surface area contributed by atoms with Gasteiger partial charge in [0.1, 0.15) is 17.1 Å². The highest BCUT2D eigenvalue weighted by Crippen LogP contribution is 2.56. The maximum absolute atomic E-state index is 15.5. The number of aromatic nitrogens is 4. The van der Waals surface area contributed by atoms with E-state index in [9.17, 15) is 26.3 Å². The lowest BCUT2D eigenvalue weighted by Gasteiger charge is -2.38. The van der Waals surface area contributed by atoms with Gasteiger partial charge in [0.25, 0.3) is 0 Å². The molecule has 0 fully saturated rings. The van der Waals surface area contributed by atoms with Gasteiger partial charge in [-0.25, -0.2) is 9.97 Å². The molecule has 8 aromatic rings. The molecule has 0 saturated heterocycles. The fraction of sp³-hybridized carbons (Fsp3) is 0.174. The minimum atomic E-state index is -5.79. The van der Waals surface area contributed by atoms with Gasteiger partial charge >= 0.3 is 18.5 Å². The van der Waals surface area contributed by atoms with E-state index in [-0.39, 0.29) is 28.0 Å². The van der Waals surface area contributed by atoms with Crippen molar-refractivity contribution in [3.63, 3.8) is 0 Å². The highest BCUT2D eigenvalue weighted by atomic mass is 19.4. The highest BCUT2D eigenvalue weighted by Gasteiger charge is 2.72. The van der Waals surface area contributed by atoms with Crippen LogP contribution in [0.4, 0.5) is 39.5 Å². The summed E-state index contributed by atoms with van der Waals surface area (Å²) in [6.07, 6.45) is -16.4. The van der Waals surface area contributed by atoms with Crippen molar-refractivity contribution < 1.29 is 39.5 Å². The number of hydrogen-bond acceptors (Lipinski definition) is 2. The van der Waals surface area contributed by atoms with E-state index < -0.39 is 40.5 Å². The largest absolute Gasteiger partial charge is 0.411 e. The summed E-state index contributed by atoms with van der Waals surface area (Å²) < 4.78 is 139. The number of alkyl halides is 9. The first-order valence-electron chi connectivity index (χ1n) is 18.4. The number of benzene rings is 6. The second-order valence-electron chi connectivity index (χ2n) is 14.7. The van der Waals surface area contributed by atoms with Gasteiger partial charge in [0.05, 0.1) is 22.1 Å². The van der Waals surface area contributed by atoms with Gasteiger partial charge in [-0.2, -0.15) is 39.5 Å². The zero-order chi connectivity index (χ0) is 42.1. The smallest absolute Gasteiger partial charge is 0.297 e. The summed E-state index contributed by atoms with van der Waals surface area (Å²) >= 11 is 0. The van der Waals surface area contributed by atoms with Crippen LogP contribution in [0.2, 0.25) is 0 Å². The quantitative estimate of drug-likeness (QED) is 0.150. The van der Waals surface area contributed by atoms with Crippen LogP contribution in [0.3, 0.4) is 0 Å². The molecule has 0 bridgehead atoms. The minimum Gasteiger partial charge on any atom is -0.297 e. The Morgan fingerprint density at radius 3 is 1.34 bits per heavy atom. The van der Waals surface area contributed by atoms with Crippen LogP contribution >= 0.6 is 0 Å². The molecule has 300 valence electrons. The van der Waals surface area contributed by atoms with Gasteiger partial charge < -0.3 is 0 Å². The molecule has 1 unspecified atom stereocenters. The maximum atomic E-state index is 15.5. The molecular formula is C46H33F9N4. The number of para-hydroxylation sites is 2. The molecule has 0 aliphatic carbocycles. The molecule has 0 spiro atoms. The van der Waals surface area contributed by atoms with Crippen LogP contribution in [-0.2, 0) is 10.8 Å². The summed E-state index contributed by atoms with van der Waals surface area (Å²) in [6.45, 7) is 4.39. The fourth-order valence-electron chi connectivity index (χ4n) is 7.99. The van der Waals surface area contributed by atoms with Gasteiger partial charge in [0, 0.05) is 16.9 Å². The summed E-state index contributed by atoms with van der Waals surface area (Å²) in [4.78, 5) is 9.30. The molecular weight excluding hydrogens is 780 g/mol. The zero-order valence-electron chi connectivity index (χ0n) is 31.5. The Morgan fingerprint density at radius 1 is 0.441 bits per heavy atom. The van der Waals surface area contributed by atoms with Gasteiger partial charge in [0.15, 0.2) is 0 Å². The first-order chi connectivity index (χ1) is 27.9. The topological polar surface area (TPSA) is 35.6 Å². The van der Waals surface area contributed by atoms with Gasteiger partial charge in [-0.05, 0) is 91.6 Å². The van der Waals surface area contributed by atoms with Crippen molar-refractivity contribution in [2.24, 2.45) is 0 Å². The van der Waals surface area contributed by atoms with Crippen LogP contribution in [0.15, 0.2) is 146 Å². The third-order valence-corrected chi connectivity index (χ3v) is 11.1. The first-order valence-corrected chi connectivity index (χ1v) is 18.4. The van der Waals surface area contributed by atoms with E-state index in [0.717, 1.165) is 49.0 Å². The predicted molar refractivity (Wildman–Crippen MR) is 209 cm³/mol. The van der Waals surface area contributed by atoms with Crippen molar-refractivity contribution in [3.05, 3.63) is 179 Å². The van der Waals surface area contributed by atoms with E-state index >= 15 is 13.2 Å². The number of imidazole rings is 2. The predicted octanol–water partition coefficient (Wildman–Crippen LogP) is 12.9. The molecule has 1 atom stereocenters. The van der Waals surface area contributed by atoms with Crippen molar-refractivity contribution in [2.75, 3.05) is 0 Å². The average Bonchev–Trinajstić information content (AvgIpc) is 3.74.